The highest BCUT2D eigenvalue weighted by Crippen LogP contribution is 2.34. The quantitative estimate of drug-likeness (QED) is 0.232. The number of anilines is 1. The summed E-state index contributed by atoms with van der Waals surface area (Å²) in [6.45, 7) is -0.183. The summed E-state index contributed by atoms with van der Waals surface area (Å²) in [6.07, 6.45) is -4.43. The zero-order valence-corrected chi connectivity index (χ0v) is 24.7. The molecule has 3 amide bonds. The van der Waals surface area contributed by atoms with E-state index in [2.05, 4.69) is 26.0 Å². The topological polar surface area (TPSA) is 123 Å². The van der Waals surface area contributed by atoms with Crippen LogP contribution in [0.25, 0.3) is 16.9 Å². The number of aromatic nitrogens is 3. The van der Waals surface area contributed by atoms with Gasteiger partial charge in [0.15, 0.2) is 11.6 Å². The Hall–Kier alpha value is -5.09. The van der Waals surface area contributed by atoms with Gasteiger partial charge < -0.3 is 15.4 Å². The van der Waals surface area contributed by atoms with Crippen molar-refractivity contribution in [2.75, 3.05) is 32.6 Å². The second-order valence-electron chi connectivity index (χ2n) is 10.3. The van der Waals surface area contributed by atoms with Crippen LogP contribution in [0.15, 0.2) is 60.8 Å². The van der Waals surface area contributed by atoms with E-state index < -0.39 is 55.0 Å². The summed E-state index contributed by atoms with van der Waals surface area (Å²) in [5, 5.41) is 13.1. The molecule has 0 spiro atoms. The predicted octanol–water partition coefficient (Wildman–Crippen LogP) is 4.93. The molecule has 1 fully saturated rings. The van der Waals surface area contributed by atoms with E-state index in [4.69, 9.17) is 9.57 Å². The van der Waals surface area contributed by atoms with E-state index in [0.29, 0.717) is 27.6 Å². The molecule has 0 saturated carbocycles. The van der Waals surface area contributed by atoms with Crippen LogP contribution in [-0.4, -0.2) is 71.2 Å². The molecule has 242 valence electrons. The summed E-state index contributed by atoms with van der Waals surface area (Å²) < 4.78 is 73.8. The molecule has 2 atom stereocenters. The third kappa shape index (κ3) is 6.92. The van der Waals surface area contributed by atoms with Gasteiger partial charge in [0.25, 0.3) is 5.91 Å². The first-order valence-electron chi connectivity index (χ1n) is 13.8. The normalized spacial score (nSPS) is 16.7. The van der Waals surface area contributed by atoms with Crippen molar-refractivity contribution in [3.05, 3.63) is 89.1 Å². The number of hydrogen-bond donors (Lipinski definition) is 3. The van der Waals surface area contributed by atoms with Gasteiger partial charge in [-0.1, -0.05) is 24.3 Å². The Morgan fingerprint density at radius 3 is 2.48 bits per heavy atom. The Bertz CT molecular complexity index is 1750. The summed E-state index contributed by atoms with van der Waals surface area (Å²) in [7, 11) is 2.83. The van der Waals surface area contributed by atoms with Crippen molar-refractivity contribution >= 4 is 17.8 Å². The lowest BCUT2D eigenvalue weighted by molar-refractivity contribution is -0.227. The van der Waals surface area contributed by atoms with E-state index >= 15 is 0 Å². The summed E-state index contributed by atoms with van der Waals surface area (Å²) in [6, 6.07) is 11.2. The van der Waals surface area contributed by atoms with E-state index in [1.54, 1.807) is 37.3 Å². The van der Waals surface area contributed by atoms with Crippen LogP contribution in [0.2, 0.25) is 0 Å². The Morgan fingerprint density at radius 1 is 1.09 bits per heavy atom. The molecule has 1 aliphatic heterocycles. The number of pyridine rings is 1. The molecule has 2 aromatic heterocycles. The average molecular weight is 646 g/mol. The number of methoxy groups -OCH3 is 1. The zero-order valence-electron chi connectivity index (χ0n) is 24.7. The highest BCUT2D eigenvalue weighted by atomic mass is 19.4. The molecule has 4 aromatic rings. The van der Waals surface area contributed by atoms with Crippen LogP contribution in [0.1, 0.15) is 27.6 Å². The van der Waals surface area contributed by atoms with Crippen LogP contribution < -0.4 is 20.7 Å². The van der Waals surface area contributed by atoms with Gasteiger partial charge in [-0.2, -0.15) is 23.3 Å². The number of nitrogens with one attached hydrogen (secondary N) is 3. The van der Waals surface area contributed by atoms with Crippen LogP contribution in [0.3, 0.4) is 0 Å². The Labute approximate surface area is 259 Å². The highest BCUT2D eigenvalue weighted by molar-refractivity contribution is 5.97. The minimum atomic E-state index is -4.63. The number of nitrogens with zero attached hydrogens (tertiary/aromatic N) is 4. The first-order valence-corrected chi connectivity index (χ1v) is 13.8. The number of carbonyl (C=O) groups is 2. The monoisotopic (exact) mass is 645 g/mol. The Kier molecular flexibility index (Phi) is 9.20. The minimum Gasteiger partial charge on any atom is -0.480 e. The molecule has 16 heteroatoms. The van der Waals surface area contributed by atoms with E-state index in [9.17, 15) is 31.5 Å². The van der Waals surface area contributed by atoms with E-state index in [1.807, 2.05) is 0 Å². The number of alkyl halides is 3. The van der Waals surface area contributed by atoms with Gasteiger partial charge >= 0.3 is 12.2 Å². The van der Waals surface area contributed by atoms with E-state index in [1.165, 1.54) is 37.2 Å². The van der Waals surface area contributed by atoms with Crippen molar-refractivity contribution in [2.45, 2.75) is 25.2 Å². The second-order valence-corrected chi connectivity index (χ2v) is 10.3. The van der Waals surface area contributed by atoms with Crippen LogP contribution in [0.4, 0.5) is 32.6 Å². The molecule has 1 aliphatic rings. The smallest absolute Gasteiger partial charge is 0.403 e. The summed E-state index contributed by atoms with van der Waals surface area (Å²) in [5.74, 6) is -2.52. The van der Waals surface area contributed by atoms with E-state index in [0.717, 1.165) is 12.1 Å². The number of para-hydroxylation sites is 1. The second kappa shape index (κ2) is 13.1. The number of hydroxylamine groups is 2. The molecule has 11 nitrogen and oxygen atoms in total. The van der Waals surface area contributed by atoms with Gasteiger partial charge in [0, 0.05) is 30.9 Å². The fourth-order valence-corrected chi connectivity index (χ4v) is 5.02. The first-order chi connectivity index (χ1) is 21.9. The van der Waals surface area contributed by atoms with Gasteiger partial charge in [0.2, 0.25) is 5.88 Å². The van der Waals surface area contributed by atoms with Crippen molar-refractivity contribution < 1.29 is 41.1 Å². The SMILES string of the molecule is CNC(=O)c1cc(-c2nn(-c3ccccc3)c(NC(=O)N[C@@H]3CN(CC(F)(F)F)O[C@H]3c3ccc(F)c(F)c3)c2C)cnc1OC. The maximum absolute atomic E-state index is 14.0. The molecule has 2 aromatic carbocycles. The highest BCUT2D eigenvalue weighted by Gasteiger charge is 2.42. The number of ether oxygens (including phenoxy) is 1. The van der Waals surface area contributed by atoms with Gasteiger partial charge in [0.05, 0.1) is 24.5 Å². The number of rotatable bonds is 8. The summed E-state index contributed by atoms with van der Waals surface area (Å²) >= 11 is 0. The number of halogens is 5. The van der Waals surface area contributed by atoms with Crippen molar-refractivity contribution in [1.82, 2.24) is 30.5 Å². The molecule has 0 radical (unpaired) electrons. The maximum atomic E-state index is 14.0. The zero-order chi connectivity index (χ0) is 33.2. The molecule has 1 saturated heterocycles. The van der Waals surface area contributed by atoms with Crippen molar-refractivity contribution in [3.8, 4) is 22.8 Å². The standard InChI is InChI=1S/C30H28F5N7O4/c1-16-24(18-11-20(27(43)36-2)28(45-3)37-13-18)40-42(19-7-5-4-6-8-19)26(16)39-29(44)38-23-14-41(15-30(33,34)35)46-25(23)17-9-10-21(31)22(32)12-17/h4-13,23,25H,14-15H2,1-3H3,(H,36,43)(H2,38,39,44)/t23-,25+/m1/s1. The molecule has 0 aliphatic carbocycles. The first kappa shape index (κ1) is 32.3. The van der Waals surface area contributed by atoms with Gasteiger partial charge in [-0.15, -0.1) is 0 Å². The Balaban J connectivity index is 1.48. The summed E-state index contributed by atoms with van der Waals surface area (Å²) in [4.78, 5) is 35.6. The van der Waals surface area contributed by atoms with E-state index in [-0.39, 0.29) is 22.8 Å². The Morgan fingerprint density at radius 2 is 1.83 bits per heavy atom. The summed E-state index contributed by atoms with van der Waals surface area (Å²) in [5.41, 5.74) is 1.99. The molecule has 46 heavy (non-hydrogen) atoms. The maximum Gasteiger partial charge on any atom is 0.403 e. The van der Waals surface area contributed by atoms with Crippen LogP contribution in [-0.2, 0) is 4.84 Å². The lowest BCUT2D eigenvalue weighted by Gasteiger charge is -2.20. The fraction of sp³-hybridized carbons (Fsp3) is 0.267. The molecule has 0 bridgehead atoms. The van der Waals surface area contributed by atoms with Crippen LogP contribution in [0.5, 0.6) is 5.88 Å². The third-order valence-electron chi connectivity index (χ3n) is 7.12. The largest absolute Gasteiger partial charge is 0.480 e. The lowest BCUT2D eigenvalue weighted by atomic mass is 10.0. The van der Waals surface area contributed by atoms with Gasteiger partial charge in [-0.25, -0.2) is 23.2 Å². The minimum absolute atomic E-state index is 0.0283. The van der Waals surface area contributed by atoms with Crippen LogP contribution >= 0.6 is 0 Å². The molecule has 5 rings (SSSR count). The lowest BCUT2D eigenvalue weighted by Crippen LogP contribution is -2.43. The third-order valence-corrected chi connectivity index (χ3v) is 7.12. The van der Waals surface area contributed by atoms with Crippen molar-refractivity contribution in [3.63, 3.8) is 0 Å². The number of amides is 3. The number of benzene rings is 2. The molecule has 3 heterocycles. The van der Waals surface area contributed by atoms with Crippen LogP contribution in [0, 0.1) is 18.6 Å². The fourth-order valence-electron chi connectivity index (χ4n) is 5.02. The molecule has 0 unspecified atom stereocenters. The number of urea groups is 1. The van der Waals surface area contributed by atoms with Gasteiger partial charge in [-0.05, 0) is 42.8 Å². The molecular formula is C30H28F5N7O4. The van der Waals surface area contributed by atoms with Gasteiger partial charge in [0.1, 0.15) is 24.0 Å². The number of carbonyl (C=O) groups excluding carboxylic acids is 2. The van der Waals surface area contributed by atoms with Crippen molar-refractivity contribution in [2.24, 2.45) is 0 Å². The molecule has 3 N–H and O–H groups in total. The average Bonchev–Trinajstić information content (AvgIpc) is 3.56. The van der Waals surface area contributed by atoms with Gasteiger partial charge in [-0.3, -0.25) is 14.9 Å². The molecular weight excluding hydrogens is 617 g/mol. The van der Waals surface area contributed by atoms with Crippen molar-refractivity contribution in [1.29, 1.82) is 0 Å². The number of hydrogen-bond acceptors (Lipinski definition) is 7. The predicted molar refractivity (Wildman–Crippen MR) is 155 cm³/mol.